The first-order chi connectivity index (χ1) is 9.40. The van der Waals surface area contributed by atoms with E-state index >= 15 is 0 Å². The van der Waals surface area contributed by atoms with Gasteiger partial charge in [0, 0.05) is 12.2 Å². The van der Waals surface area contributed by atoms with Crippen molar-refractivity contribution in [1.29, 1.82) is 0 Å². The van der Waals surface area contributed by atoms with Gasteiger partial charge in [-0.15, -0.1) is 0 Å². The van der Waals surface area contributed by atoms with Crippen LogP contribution in [-0.4, -0.2) is 37.9 Å². The maximum atomic E-state index is 12.3. The van der Waals surface area contributed by atoms with Crippen LogP contribution in [0.4, 0.5) is 0 Å². The van der Waals surface area contributed by atoms with Crippen molar-refractivity contribution >= 4 is 15.6 Å². The van der Waals surface area contributed by atoms with E-state index in [2.05, 4.69) is 0 Å². The number of ketones is 1. The van der Waals surface area contributed by atoms with Crippen molar-refractivity contribution in [2.24, 2.45) is 0 Å². The van der Waals surface area contributed by atoms with Gasteiger partial charge in [0.1, 0.15) is 5.25 Å². The van der Waals surface area contributed by atoms with Gasteiger partial charge in [0.05, 0.1) is 11.9 Å². The molecule has 1 heterocycles. The summed E-state index contributed by atoms with van der Waals surface area (Å²) in [5.41, 5.74) is 1.48. The first-order valence-corrected chi connectivity index (χ1v) is 8.56. The third kappa shape index (κ3) is 3.46. The number of aryl methyl sites for hydroxylation is 1. The van der Waals surface area contributed by atoms with Gasteiger partial charge in [-0.05, 0) is 26.7 Å². The largest absolute Gasteiger partial charge is 0.377 e. The minimum absolute atomic E-state index is 0.0637. The van der Waals surface area contributed by atoms with Crippen LogP contribution in [0.15, 0.2) is 24.3 Å². The molecular formula is C15H20O4S. The fraction of sp³-hybridized carbons (Fsp3) is 0.533. The zero-order chi connectivity index (χ0) is 14.8. The normalized spacial score (nSPS) is 20.8. The van der Waals surface area contributed by atoms with E-state index in [0.717, 1.165) is 18.4 Å². The predicted molar refractivity (Wildman–Crippen MR) is 77.7 cm³/mol. The van der Waals surface area contributed by atoms with Gasteiger partial charge in [-0.3, -0.25) is 4.79 Å². The summed E-state index contributed by atoms with van der Waals surface area (Å²) in [7, 11) is -3.48. The quantitative estimate of drug-likeness (QED) is 0.781. The molecule has 1 aliphatic heterocycles. The second-order valence-corrected chi connectivity index (χ2v) is 7.70. The highest BCUT2D eigenvalue weighted by atomic mass is 32.2. The van der Waals surface area contributed by atoms with Crippen molar-refractivity contribution in [1.82, 2.24) is 0 Å². The number of carbonyl (C=O) groups excluding carboxylic acids is 1. The van der Waals surface area contributed by atoms with E-state index in [9.17, 15) is 13.2 Å². The van der Waals surface area contributed by atoms with Crippen LogP contribution >= 0.6 is 0 Å². The molecular weight excluding hydrogens is 276 g/mol. The maximum Gasteiger partial charge on any atom is 0.180 e. The second kappa shape index (κ2) is 6.06. The molecule has 2 unspecified atom stereocenters. The molecule has 0 aromatic heterocycles. The molecule has 0 bridgehead atoms. The first-order valence-electron chi connectivity index (χ1n) is 6.84. The lowest BCUT2D eigenvalue weighted by Crippen LogP contribution is -2.33. The fourth-order valence-electron chi connectivity index (χ4n) is 2.29. The van der Waals surface area contributed by atoms with Gasteiger partial charge in [0.15, 0.2) is 15.6 Å². The van der Waals surface area contributed by atoms with Crippen molar-refractivity contribution in [3.05, 3.63) is 35.4 Å². The van der Waals surface area contributed by atoms with Crippen molar-refractivity contribution in [2.75, 3.05) is 12.4 Å². The van der Waals surface area contributed by atoms with Crippen molar-refractivity contribution < 1.29 is 17.9 Å². The Kier molecular flexibility index (Phi) is 4.60. The van der Waals surface area contributed by atoms with E-state index in [1.165, 1.54) is 6.92 Å². The molecule has 5 heteroatoms. The molecule has 1 aromatic carbocycles. The summed E-state index contributed by atoms with van der Waals surface area (Å²) in [6.45, 7) is 4.00. The van der Waals surface area contributed by atoms with Crippen molar-refractivity contribution in [2.45, 2.75) is 38.0 Å². The predicted octanol–water partition coefficient (Wildman–Crippen LogP) is 2.16. The molecule has 110 valence electrons. The Balaban J connectivity index is 2.10. The van der Waals surface area contributed by atoms with Crippen LogP contribution in [0, 0.1) is 6.92 Å². The lowest BCUT2D eigenvalue weighted by molar-refractivity contribution is 0.0990. The second-order valence-electron chi connectivity index (χ2n) is 5.34. The number of benzene rings is 1. The maximum absolute atomic E-state index is 12.3. The van der Waals surface area contributed by atoms with Crippen LogP contribution in [0.2, 0.25) is 0 Å². The Morgan fingerprint density at radius 3 is 2.55 bits per heavy atom. The van der Waals surface area contributed by atoms with Crippen LogP contribution in [-0.2, 0) is 14.6 Å². The average molecular weight is 296 g/mol. The fourth-order valence-corrected chi connectivity index (χ4v) is 3.83. The van der Waals surface area contributed by atoms with Crippen LogP contribution < -0.4 is 0 Å². The van der Waals surface area contributed by atoms with Gasteiger partial charge < -0.3 is 4.74 Å². The first kappa shape index (κ1) is 15.2. The topological polar surface area (TPSA) is 60.4 Å². The highest BCUT2D eigenvalue weighted by Gasteiger charge is 2.32. The summed E-state index contributed by atoms with van der Waals surface area (Å²) in [5.74, 6) is -0.408. The molecule has 1 fully saturated rings. The number of carbonyl (C=O) groups is 1. The van der Waals surface area contributed by atoms with Crippen molar-refractivity contribution in [3.8, 4) is 0 Å². The van der Waals surface area contributed by atoms with E-state index in [-0.39, 0.29) is 17.6 Å². The molecule has 0 aliphatic carbocycles. The number of sulfone groups is 1. The van der Waals surface area contributed by atoms with Crippen molar-refractivity contribution in [3.63, 3.8) is 0 Å². The summed E-state index contributed by atoms with van der Waals surface area (Å²) in [4.78, 5) is 12.3. The van der Waals surface area contributed by atoms with Gasteiger partial charge >= 0.3 is 0 Å². The van der Waals surface area contributed by atoms with Gasteiger partial charge in [-0.2, -0.15) is 0 Å². The Morgan fingerprint density at radius 2 is 2.00 bits per heavy atom. The standard InChI is InChI=1S/C15H20O4S/c1-11-5-7-13(8-6-11)15(16)12(2)20(17,18)10-14-4-3-9-19-14/h5-8,12,14H,3-4,9-10H2,1-2H3. The number of Topliss-reactive ketones (excluding diaryl/α,β-unsaturated/α-hetero) is 1. The van der Waals surface area contributed by atoms with E-state index in [1.807, 2.05) is 19.1 Å². The van der Waals surface area contributed by atoms with E-state index in [4.69, 9.17) is 4.74 Å². The van der Waals surface area contributed by atoms with Gasteiger partial charge in [0.25, 0.3) is 0 Å². The molecule has 0 saturated carbocycles. The van der Waals surface area contributed by atoms with E-state index in [1.54, 1.807) is 12.1 Å². The van der Waals surface area contributed by atoms with E-state index in [0.29, 0.717) is 12.2 Å². The Labute approximate surface area is 120 Å². The minimum Gasteiger partial charge on any atom is -0.377 e. The Bertz CT molecular complexity index is 568. The minimum atomic E-state index is -3.48. The highest BCUT2D eigenvalue weighted by molar-refractivity contribution is 7.92. The molecule has 1 saturated heterocycles. The van der Waals surface area contributed by atoms with Crippen LogP contribution in [0.5, 0.6) is 0 Å². The van der Waals surface area contributed by atoms with Crippen LogP contribution in [0.3, 0.4) is 0 Å². The third-order valence-electron chi connectivity index (χ3n) is 3.69. The zero-order valence-corrected chi connectivity index (χ0v) is 12.7. The summed E-state index contributed by atoms with van der Waals surface area (Å²) in [6, 6.07) is 6.98. The molecule has 2 atom stereocenters. The lowest BCUT2D eigenvalue weighted by atomic mass is 10.1. The Morgan fingerprint density at radius 1 is 1.35 bits per heavy atom. The molecule has 4 nitrogen and oxygen atoms in total. The molecule has 2 rings (SSSR count). The molecule has 1 aromatic rings. The molecule has 20 heavy (non-hydrogen) atoms. The molecule has 0 spiro atoms. The molecule has 0 N–H and O–H groups in total. The summed E-state index contributed by atoms with van der Waals surface area (Å²) < 4.78 is 29.9. The number of ether oxygens (including phenoxy) is 1. The molecule has 0 radical (unpaired) electrons. The monoisotopic (exact) mass is 296 g/mol. The lowest BCUT2D eigenvalue weighted by Gasteiger charge is -2.15. The number of hydrogen-bond donors (Lipinski definition) is 0. The smallest absolute Gasteiger partial charge is 0.180 e. The van der Waals surface area contributed by atoms with Gasteiger partial charge in [0.2, 0.25) is 0 Å². The number of hydrogen-bond acceptors (Lipinski definition) is 4. The summed E-state index contributed by atoms with van der Waals surface area (Å²) >= 11 is 0. The Hall–Kier alpha value is -1.20. The molecule has 0 amide bonds. The highest BCUT2D eigenvalue weighted by Crippen LogP contribution is 2.18. The summed E-state index contributed by atoms with van der Waals surface area (Å²) in [5, 5.41) is -1.02. The average Bonchev–Trinajstić information content (AvgIpc) is 2.90. The zero-order valence-electron chi connectivity index (χ0n) is 11.8. The van der Waals surface area contributed by atoms with Gasteiger partial charge in [-0.1, -0.05) is 29.8 Å². The molecule has 1 aliphatic rings. The third-order valence-corrected chi connectivity index (χ3v) is 5.81. The van der Waals surface area contributed by atoms with Crippen LogP contribution in [0.1, 0.15) is 35.7 Å². The number of rotatable bonds is 5. The van der Waals surface area contributed by atoms with Gasteiger partial charge in [-0.25, -0.2) is 8.42 Å². The summed E-state index contributed by atoms with van der Waals surface area (Å²) in [6.07, 6.45) is 1.39. The van der Waals surface area contributed by atoms with E-state index < -0.39 is 15.1 Å². The van der Waals surface area contributed by atoms with Crippen LogP contribution in [0.25, 0.3) is 0 Å². The SMILES string of the molecule is Cc1ccc(C(=O)C(C)S(=O)(=O)CC2CCCO2)cc1.